The van der Waals surface area contributed by atoms with Crippen LogP contribution in [0.1, 0.15) is 30.5 Å². The van der Waals surface area contributed by atoms with E-state index in [2.05, 4.69) is 11.4 Å². The fraction of sp³-hybridized carbons (Fsp3) is 0.259. The second-order valence-electron chi connectivity index (χ2n) is 8.48. The first kappa shape index (κ1) is 21.8. The summed E-state index contributed by atoms with van der Waals surface area (Å²) in [5, 5.41) is 4.74. The van der Waals surface area contributed by atoms with Gasteiger partial charge in [-0.1, -0.05) is 0 Å². The Morgan fingerprint density at radius 1 is 1.15 bits per heavy atom. The highest BCUT2D eigenvalue weighted by atomic mass is 16.5. The van der Waals surface area contributed by atoms with Gasteiger partial charge in [0.15, 0.2) is 0 Å². The average molecular weight is 456 g/mol. The Morgan fingerprint density at radius 2 is 2.00 bits per heavy atom. The fourth-order valence-electron chi connectivity index (χ4n) is 4.73. The molecule has 5 rings (SSSR count). The van der Waals surface area contributed by atoms with Gasteiger partial charge in [0, 0.05) is 49.2 Å². The van der Waals surface area contributed by atoms with Crippen molar-refractivity contribution in [3.8, 4) is 16.9 Å². The van der Waals surface area contributed by atoms with Gasteiger partial charge in [-0.05, 0) is 65.6 Å². The quantitative estimate of drug-likeness (QED) is 0.437. The minimum absolute atomic E-state index is 0.172. The molecule has 1 amide bonds. The van der Waals surface area contributed by atoms with E-state index in [1.165, 1.54) is 19.4 Å². The van der Waals surface area contributed by atoms with Gasteiger partial charge in [-0.3, -0.25) is 14.6 Å². The number of aromatic nitrogens is 2. The van der Waals surface area contributed by atoms with Gasteiger partial charge in [0.1, 0.15) is 11.6 Å². The molecule has 0 bridgehead atoms. The molecule has 34 heavy (non-hydrogen) atoms. The van der Waals surface area contributed by atoms with Crippen molar-refractivity contribution < 1.29 is 19.1 Å². The van der Waals surface area contributed by atoms with E-state index in [4.69, 9.17) is 19.4 Å². The molecule has 7 heteroatoms. The maximum Gasteiger partial charge on any atom is 0.302 e. The van der Waals surface area contributed by atoms with E-state index in [0.717, 1.165) is 56.2 Å². The second kappa shape index (κ2) is 8.74. The lowest BCUT2D eigenvalue weighted by Gasteiger charge is -2.22. The zero-order chi connectivity index (χ0) is 23.8. The topological polar surface area (TPSA) is 90.4 Å². The number of nitrogens with zero attached hydrogens (tertiary/aromatic N) is 2. The highest BCUT2D eigenvalue weighted by Crippen LogP contribution is 2.42. The van der Waals surface area contributed by atoms with Crippen molar-refractivity contribution in [3.05, 3.63) is 59.3 Å². The van der Waals surface area contributed by atoms with Crippen LogP contribution in [-0.4, -0.2) is 35.1 Å². The summed E-state index contributed by atoms with van der Waals surface area (Å²) in [6.07, 6.45) is 3.24. The Kier molecular flexibility index (Phi) is 5.61. The van der Waals surface area contributed by atoms with E-state index in [9.17, 15) is 9.59 Å². The Labute approximate surface area is 197 Å². The third-order valence-electron chi connectivity index (χ3n) is 6.13. The van der Waals surface area contributed by atoms with Gasteiger partial charge in [0.05, 0.1) is 24.2 Å². The maximum absolute atomic E-state index is 11.6. The van der Waals surface area contributed by atoms with Crippen LogP contribution in [0.3, 0.4) is 0 Å². The summed E-state index contributed by atoms with van der Waals surface area (Å²) in [6.45, 7) is 5.84. The Morgan fingerprint density at radius 3 is 2.79 bits per heavy atom. The molecule has 2 aromatic carbocycles. The number of hydrogen-bond acceptors (Lipinski definition) is 6. The van der Waals surface area contributed by atoms with Crippen LogP contribution < -0.4 is 10.1 Å². The molecule has 7 nitrogen and oxygen atoms in total. The number of pyridine rings is 2. The van der Waals surface area contributed by atoms with Crippen LogP contribution in [0.25, 0.3) is 32.9 Å². The highest BCUT2D eigenvalue weighted by molar-refractivity contribution is 6.07. The highest BCUT2D eigenvalue weighted by Gasteiger charge is 2.21. The van der Waals surface area contributed by atoms with Crippen molar-refractivity contribution in [2.45, 2.75) is 33.6 Å². The minimum Gasteiger partial charge on any atom is -0.493 e. The summed E-state index contributed by atoms with van der Waals surface area (Å²) < 4.78 is 11.2. The van der Waals surface area contributed by atoms with E-state index >= 15 is 0 Å². The molecule has 0 saturated carbocycles. The summed E-state index contributed by atoms with van der Waals surface area (Å²) in [6, 6.07) is 11.9. The third-order valence-corrected chi connectivity index (χ3v) is 6.13. The van der Waals surface area contributed by atoms with Gasteiger partial charge >= 0.3 is 5.97 Å². The standard InChI is InChI=1S/C27H25N3O4/c1-15-14-22-20(5-7-24(30-22)29-16(2)31)26(19(15)10-13-33-17(3)32)21-4-6-23-25-18(9-12-34-23)8-11-28-27(21)25/h4-8,11,14H,9-10,12-13H2,1-3H3,(H,29,30,31). The number of esters is 1. The molecule has 0 fully saturated rings. The van der Waals surface area contributed by atoms with Crippen LogP contribution in [0, 0.1) is 6.92 Å². The lowest BCUT2D eigenvalue weighted by Crippen LogP contribution is -2.10. The summed E-state index contributed by atoms with van der Waals surface area (Å²) in [5.41, 5.74) is 6.95. The zero-order valence-electron chi connectivity index (χ0n) is 19.4. The van der Waals surface area contributed by atoms with Crippen molar-refractivity contribution in [3.63, 3.8) is 0 Å². The number of anilines is 1. The summed E-state index contributed by atoms with van der Waals surface area (Å²) in [7, 11) is 0. The van der Waals surface area contributed by atoms with Crippen LogP contribution in [-0.2, 0) is 27.2 Å². The van der Waals surface area contributed by atoms with E-state index in [1.807, 2.05) is 37.4 Å². The number of benzene rings is 2. The number of amides is 1. The molecule has 0 spiro atoms. The van der Waals surface area contributed by atoms with E-state index in [1.54, 1.807) is 6.07 Å². The Balaban J connectivity index is 1.78. The lowest BCUT2D eigenvalue weighted by atomic mass is 9.88. The predicted molar refractivity (Wildman–Crippen MR) is 131 cm³/mol. The number of carbonyl (C=O) groups is 2. The molecule has 0 radical (unpaired) electrons. The van der Waals surface area contributed by atoms with Gasteiger partial charge in [-0.25, -0.2) is 4.98 Å². The first-order chi connectivity index (χ1) is 16.4. The summed E-state index contributed by atoms with van der Waals surface area (Å²) in [5.74, 6) is 0.871. The van der Waals surface area contributed by atoms with Gasteiger partial charge in [-0.2, -0.15) is 0 Å². The molecule has 1 aliphatic rings. The van der Waals surface area contributed by atoms with Crippen molar-refractivity contribution in [2.75, 3.05) is 18.5 Å². The molecule has 0 unspecified atom stereocenters. The molecule has 3 heterocycles. The first-order valence-corrected chi connectivity index (χ1v) is 11.3. The molecular weight excluding hydrogens is 430 g/mol. The molecular formula is C27H25N3O4. The van der Waals surface area contributed by atoms with E-state index in [-0.39, 0.29) is 18.5 Å². The van der Waals surface area contributed by atoms with Crippen molar-refractivity contribution in [1.82, 2.24) is 9.97 Å². The predicted octanol–water partition coefficient (Wildman–Crippen LogP) is 4.76. The van der Waals surface area contributed by atoms with Gasteiger partial charge < -0.3 is 14.8 Å². The Hall–Kier alpha value is -4.00. The largest absolute Gasteiger partial charge is 0.493 e. The van der Waals surface area contributed by atoms with Gasteiger partial charge in [-0.15, -0.1) is 0 Å². The van der Waals surface area contributed by atoms with Crippen LogP contribution in [0.15, 0.2) is 42.6 Å². The molecule has 2 aromatic heterocycles. The number of hydrogen-bond donors (Lipinski definition) is 1. The van der Waals surface area contributed by atoms with Gasteiger partial charge in [0.25, 0.3) is 0 Å². The number of fused-ring (bicyclic) bond motifs is 1. The number of rotatable bonds is 5. The van der Waals surface area contributed by atoms with Gasteiger partial charge in [0.2, 0.25) is 5.91 Å². The molecule has 1 aliphatic heterocycles. The normalized spacial score (nSPS) is 12.4. The van der Waals surface area contributed by atoms with Crippen LogP contribution in [0.5, 0.6) is 5.75 Å². The van der Waals surface area contributed by atoms with Crippen LogP contribution >= 0.6 is 0 Å². The average Bonchev–Trinajstić information content (AvgIpc) is 2.80. The van der Waals surface area contributed by atoms with E-state index in [0.29, 0.717) is 18.8 Å². The third kappa shape index (κ3) is 3.94. The maximum atomic E-state index is 11.6. The number of ether oxygens (including phenoxy) is 2. The second-order valence-corrected chi connectivity index (χ2v) is 8.48. The van der Waals surface area contributed by atoms with Crippen molar-refractivity contribution in [2.24, 2.45) is 0 Å². The molecule has 1 N–H and O–H groups in total. The summed E-state index contributed by atoms with van der Waals surface area (Å²) >= 11 is 0. The Bertz CT molecular complexity index is 1450. The van der Waals surface area contributed by atoms with Crippen LogP contribution in [0.2, 0.25) is 0 Å². The minimum atomic E-state index is -0.304. The smallest absolute Gasteiger partial charge is 0.302 e. The summed E-state index contributed by atoms with van der Waals surface area (Å²) in [4.78, 5) is 32.4. The fourth-order valence-corrected chi connectivity index (χ4v) is 4.73. The first-order valence-electron chi connectivity index (χ1n) is 11.3. The SMILES string of the molecule is CC(=O)Nc1ccc2c(-c3ccc4c5c(ccnc35)CCO4)c(CCOC(C)=O)c(C)cc2n1. The number of carbonyl (C=O) groups excluding carboxylic acids is 2. The molecule has 0 aliphatic carbocycles. The van der Waals surface area contributed by atoms with Crippen molar-refractivity contribution >= 4 is 39.5 Å². The molecule has 0 atom stereocenters. The van der Waals surface area contributed by atoms with Crippen LogP contribution in [0.4, 0.5) is 5.82 Å². The lowest BCUT2D eigenvalue weighted by molar-refractivity contribution is -0.140. The van der Waals surface area contributed by atoms with E-state index < -0.39 is 0 Å². The zero-order valence-corrected chi connectivity index (χ0v) is 19.4. The van der Waals surface area contributed by atoms with Crippen molar-refractivity contribution in [1.29, 1.82) is 0 Å². The number of aryl methyl sites for hydroxylation is 1. The molecule has 4 aromatic rings. The molecule has 172 valence electrons. The number of nitrogens with one attached hydrogen (secondary N) is 1. The monoisotopic (exact) mass is 455 g/mol. The molecule has 0 saturated heterocycles.